The molecular formula is C23H22N4O3. The molecule has 7 nitrogen and oxygen atoms in total. The van der Waals surface area contributed by atoms with E-state index in [9.17, 15) is 0 Å². The smallest absolute Gasteiger partial charge is 0.278 e. The quantitative estimate of drug-likeness (QED) is 0.500. The van der Waals surface area contributed by atoms with Gasteiger partial charge in [0, 0.05) is 5.56 Å². The number of benzene rings is 2. The Balaban J connectivity index is 1.39. The Kier molecular flexibility index (Phi) is 4.59. The average Bonchev–Trinajstić information content (AvgIpc) is 3.42. The van der Waals surface area contributed by atoms with Gasteiger partial charge in [0.2, 0.25) is 5.82 Å². The summed E-state index contributed by atoms with van der Waals surface area (Å²) in [6.45, 7) is 5.25. The van der Waals surface area contributed by atoms with E-state index >= 15 is 0 Å². The van der Waals surface area contributed by atoms with Crippen LogP contribution in [0.25, 0.3) is 23.0 Å². The first-order chi connectivity index (χ1) is 14.6. The zero-order valence-electron chi connectivity index (χ0n) is 17.1. The molecule has 1 aliphatic heterocycles. The van der Waals surface area contributed by atoms with Crippen LogP contribution in [-0.4, -0.2) is 26.8 Å². The van der Waals surface area contributed by atoms with Gasteiger partial charge in [-0.1, -0.05) is 29.4 Å². The van der Waals surface area contributed by atoms with Crippen LogP contribution in [0.2, 0.25) is 0 Å². The highest BCUT2D eigenvalue weighted by Crippen LogP contribution is 2.32. The number of rotatable bonds is 4. The number of methoxy groups -OCH3 is 1. The summed E-state index contributed by atoms with van der Waals surface area (Å²) in [5.74, 6) is 1.79. The van der Waals surface area contributed by atoms with Crippen LogP contribution < -0.4 is 4.74 Å². The van der Waals surface area contributed by atoms with Crippen molar-refractivity contribution in [2.45, 2.75) is 33.1 Å². The van der Waals surface area contributed by atoms with Crippen LogP contribution in [0.15, 0.2) is 53.3 Å². The fourth-order valence-electron chi connectivity index (χ4n) is 3.64. The minimum atomic E-state index is -0.0424. The molecule has 1 unspecified atom stereocenters. The van der Waals surface area contributed by atoms with Crippen molar-refractivity contribution >= 4 is 0 Å². The summed E-state index contributed by atoms with van der Waals surface area (Å²) in [5.41, 5.74) is 6.06. The molecule has 0 radical (unpaired) electrons. The van der Waals surface area contributed by atoms with Gasteiger partial charge in [0.05, 0.1) is 32.3 Å². The van der Waals surface area contributed by atoms with Crippen LogP contribution >= 0.6 is 0 Å². The van der Waals surface area contributed by atoms with Gasteiger partial charge in [0.15, 0.2) is 5.69 Å². The third-order valence-corrected chi connectivity index (χ3v) is 5.61. The molecule has 30 heavy (non-hydrogen) atoms. The van der Waals surface area contributed by atoms with Crippen LogP contribution in [0.3, 0.4) is 0 Å². The molecule has 3 heterocycles. The summed E-state index contributed by atoms with van der Waals surface area (Å²) in [6, 6.07) is 14.1. The number of aryl methyl sites for hydroxylation is 2. The Bertz CT molecular complexity index is 1190. The first kappa shape index (κ1) is 18.6. The molecule has 5 rings (SSSR count). The van der Waals surface area contributed by atoms with Gasteiger partial charge in [-0.05, 0) is 48.7 Å². The molecule has 0 aliphatic carbocycles. The zero-order chi connectivity index (χ0) is 20.7. The first-order valence-electron chi connectivity index (χ1n) is 9.83. The lowest BCUT2D eigenvalue weighted by Gasteiger charge is -2.25. The van der Waals surface area contributed by atoms with E-state index in [4.69, 9.17) is 14.0 Å². The lowest BCUT2D eigenvalue weighted by molar-refractivity contribution is 0.00328. The van der Waals surface area contributed by atoms with Crippen molar-refractivity contribution in [2.75, 3.05) is 7.11 Å². The second kappa shape index (κ2) is 7.42. The number of hydrogen-bond donors (Lipinski definition) is 0. The topological polar surface area (TPSA) is 75.2 Å². The van der Waals surface area contributed by atoms with E-state index in [1.165, 1.54) is 11.1 Å². The summed E-state index contributed by atoms with van der Waals surface area (Å²) in [6.07, 6.45) is 1.77. The molecule has 2 aromatic carbocycles. The van der Waals surface area contributed by atoms with Gasteiger partial charge in [0.1, 0.15) is 11.9 Å². The van der Waals surface area contributed by atoms with E-state index in [1.807, 2.05) is 36.7 Å². The highest BCUT2D eigenvalue weighted by molar-refractivity contribution is 5.60. The standard InChI is InChI=1S/C23H22N4O3/c1-14-4-5-17(10-15(14)2)22-25-23(30-26-22)21-19-12-29-20(11-27(19)13-24-21)16-6-8-18(28-3)9-7-16/h4-10,13,20H,11-12H2,1-3H3. The number of hydrogen-bond acceptors (Lipinski definition) is 6. The molecule has 0 spiro atoms. The Morgan fingerprint density at radius 3 is 2.67 bits per heavy atom. The van der Waals surface area contributed by atoms with Gasteiger partial charge in [0.25, 0.3) is 5.89 Å². The number of nitrogens with zero attached hydrogens (tertiary/aromatic N) is 4. The average molecular weight is 402 g/mol. The summed E-state index contributed by atoms with van der Waals surface area (Å²) in [4.78, 5) is 9.10. The van der Waals surface area contributed by atoms with Gasteiger partial charge in [-0.2, -0.15) is 4.98 Å². The molecule has 1 atom stereocenters. The minimum Gasteiger partial charge on any atom is -0.497 e. The maximum atomic E-state index is 6.11. The largest absolute Gasteiger partial charge is 0.497 e. The van der Waals surface area contributed by atoms with E-state index in [1.54, 1.807) is 7.11 Å². The zero-order valence-corrected chi connectivity index (χ0v) is 17.1. The molecule has 4 aromatic rings. The molecular weight excluding hydrogens is 380 g/mol. The Hall–Kier alpha value is -3.45. The van der Waals surface area contributed by atoms with Crippen LogP contribution in [0, 0.1) is 13.8 Å². The van der Waals surface area contributed by atoms with E-state index in [0.29, 0.717) is 30.6 Å². The van der Waals surface area contributed by atoms with Crippen molar-refractivity contribution < 1.29 is 14.0 Å². The highest BCUT2D eigenvalue weighted by atomic mass is 16.5. The van der Waals surface area contributed by atoms with Gasteiger partial charge < -0.3 is 18.6 Å². The second-order valence-electron chi connectivity index (χ2n) is 7.49. The maximum absolute atomic E-state index is 6.11. The lowest BCUT2D eigenvalue weighted by Crippen LogP contribution is -2.20. The van der Waals surface area contributed by atoms with E-state index < -0.39 is 0 Å². The lowest BCUT2D eigenvalue weighted by atomic mass is 10.1. The molecule has 0 bridgehead atoms. The van der Waals surface area contributed by atoms with Crippen molar-refractivity contribution in [3.8, 4) is 28.7 Å². The summed E-state index contributed by atoms with van der Waals surface area (Å²) in [5, 5.41) is 4.15. The molecule has 0 amide bonds. The predicted octanol–water partition coefficient (Wildman–Crippen LogP) is 4.50. The third kappa shape index (κ3) is 3.27. The molecule has 0 saturated heterocycles. The molecule has 1 aliphatic rings. The molecule has 2 aromatic heterocycles. The second-order valence-corrected chi connectivity index (χ2v) is 7.49. The monoisotopic (exact) mass is 402 g/mol. The molecule has 0 saturated carbocycles. The summed E-state index contributed by atoms with van der Waals surface area (Å²) in [7, 11) is 1.66. The third-order valence-electron chi connectivity index (χ3n) is 5.61. The van der Waals surface area contributed by atoms with Gasteiger partial charge in [-0.3, -0.25) is 0 Å². The maximum Gasteiger partial charge on any atom is 0.278 e. The van der Waals surface area contributed by atoms with Crippen molar-refractivity contribution in [3.05, 3.63) is 71.2 Å². The van der Waals surface area contributed by atoms with Crippen molar-refractivity contribution in [2.24, 2.45) is 0 Å². The Morgan fingerprint density at radius 1 is 1.07 bits per heavy atom. The number of ether oxygens (including phenoxy) is 2. The fraction of sp³-hybridized carbons (Fsp3) is 0.261. The minimum absolute atomic E-state index is 0.0424. The van der Waals surface area contributed by atoms with Crippen molar-refractivity contribution in [1.29, 1.82) is 0 Å². The van der Waals surface area contributed by atoms with Crippen LogP contribution in [-0.2, 0) is 17.9 Å². The SMILES string of the molecule is COc1ccc(C2Cn3cnc(-c4nc(-c5ccc(C)c(C)c5)no4)c3CO2)cc1. The normalized spacial score (nSPS) is 15.8. The molecule has 0 fully saturated rings. The first-order valence-corrected chi connectivity index (χ1v) is 9.83. The highest BCUT2D eigenvalue weighted by Gasteiger charge is 2.26. The van der Waals surface area contributed by atoms with Crippen LogP contribution in [0.1, 0.15) is 28.5 Å². The van der Waals surface area contributed by atoms with Gasteiger partial charge in [-0.15, -0.1) is 0 Å². The number of imidazole rings is 1. The molecule has 152 valence electrons. The van der Waals surface area contributed by atoms with E-state index in [2.05, 4.69) is 45.7 Å². The molecule has 7 heteroatoms. The van der Waals surface area contributed by atoms with Gasteiger partial charge in [-0.25, -0.2) is 4.98 Å². The predicted molar refractivity (Wildman–Crippen MR) is 111 cm³/mol. The van der Waals surface area contributed by atoms with Crippen LogP contribution in [0.4, 0.5) is 0 Å². The van der Waals surface area contributed by atoms with Crippen molar-refractivity contribution in [3.63, 3.8) is 0 Å². The number of fused-ring (bicyclic) bond motifs is 1. The fourth-order valence-corrected chi connectivity index (χ4v) is 3.64. The summed E-state index contributed by atoms with van der Waals surface area (Å²) >= 11 is 0. The van der Waals surface area contributed by atoms with Gasteiger partial charge >= 0.3 is 0 Å². The van der Waals surface area contributed by atoms with E-state index in [0.717, 1.165) is 22.6 Å². The molecule has 0 N–H and O–H groups in total. The van der Waals surface area contributed by atoms with Crippen LogP contribution in [0.5, 0.6) is 5.75 Å². The Morgan fingerprint density at radius 2 is 1.90 bits per heavy atom. The van der Waals surface area contributed by atoms with E-state index in [-0.39, 0.29) is 6.10 Å². The number of aromatic nitrogens is 4. The summed E-state index contributed by atoms with van der Waals surface area (Å²) < 4.78 is 19.0. The van der Waals surface area contributed by atoms with Crippen molar-refractivity contribution in [1.82, 2.24) is 19.7 Å². The Labute approximate surface area is 174 Å².